The van der Waals surface area contributed by atoms with Gasteiger partial charge < -0.3 is 11.1 Å². The van der Waals surface area contributed by atoms with Crippen LogP contribution < -0.4 is 11.1 Å². The molecule has 0 aliphatic carbocycles. The molecule has 2 aromatic rings. The molecule has 0 saturated heterocycles. The number of hydrogen-bond donors (Lipinski definition) is 2. The van der Waals surface area contributed by atoms with Crippen LogP contribution in [0, 0.1) is 10.1 Å². The first-order chi connectivity index (χ1) is 9.97. The van der Waals surface area contributed by atoms with Crippen molar-refractivity contribution in [2.45, 2.75) is 6.54 Å². The highest BCUT2D eigenvalue weighted by molar-refractivity contribution is 9.10. The summed E-state index contributed by atoms with van der Waals surface area (Å²) in [6.07, 6.45) is 0. The summed E-state index contributed by atoms with van der Waals surface area (Å²) in [4.78, 5) is 22.1. The van der Waals surface area contributed by atoms with E-state index < -0.39 is 4.92 Å². The second-order valence-electron chi connectivity index (χ2n) is 4.34. The Hall–Kier alpha value is -2.41. The van der Waals surface area contributed by atoms with Crippen LogP contribution in [0.5, 0.6) is 0 Å². The number of anilines is 1. The maximum atomic E-state index is 12.0. The molecule has 1 amide bonds. The van der Waals surface area contributed by atoms with Gasteiger partial charge in [0.25, 0.3) is 11.6 Å². The van der Waals surface area contributed by atoms with Gasteiger partial charge >= 0.3 is 0 Å². The Morgan fingerprint density at radius 3 is 2.48 bits per heavy atom. The van der Waals surface area contributed by atoms with E-state index in [1.54, 1.807) is 0 Å². The van der Waals surface area contributed by atoms with Crippen molar-refractivity contribution in [3.63, 3.8) is 0 Å². The van der Waals surface area contributed by atoms with E-state index in [0.717, 1.165) is 10.0 Å². The third-order valence-electron chi connectivity index (χ3n) is 2.85. The molecule has 0 atom stereocenters. The van der Waals surface area contributed by atoms with Gasteiger partial charge in [0.05, 0.1) is 4.92 Å². The van der Waals surface area contributed by atoms with Crippen LogP contribution in [0.1, 0.15) is 15.9 Å². The molecule has 2 aromatic carbocycles. The van der Waals surface area contributed by atoms with Gasteiger partial charge in [0.1, 0.15) is 5.69 Å². The first-order valence-electron chi connectivity index (χ1n) is 6.04. The van der Waals surface area contributed by atoms with E-state index in [9.17, 15) is 14.9 Å². The minimum absolute atomic E-state index is 0.0312. The molecule has 0 aromatic heterocycles. The molecule has 0 heterocycles. The number of nitro benzene ring substituents is 1. The third kappa shape index (κ3) is 3.79. The van der Waals surface area contributed by atoms with Crippen LogP contribution in [0.15, 0.2) is 46.9 Å². The first kappa shape index (κ1) is 15.0. The molecule has 0 bridgehead atoms. The standard InChI is InChI=1S/C14H12BrN3O3/c15-11-4-1-9(2-5-11)8-17-14(19)10-3-6-13(18(20)21)12(16)7-10/h1-7H,8,16H2,(H,17,19). The molecule has 3 N–H and O–H groups in total. The quantitative estimate of drug-likeness (QED) is 0.503. The summed E-state index contributed by atoms with van der Waals surface area (Å²) in [6, 6.07) is 11.4. The highest BCUT2D eigenvalue weighted by Crippen LogP contribution is 2.22. The molecule has 0 aliphatic rings. The minimum atomic E-state index is -0.584. The number of hydrogen-bond acceptors (Lipinski definition) is 4. The van der Waals surface area contributed by atoms with Crippen molar-refractivity contribution in [1.82, 2.24) is 5.32 Å². The van der Waals surface area contributed by atoms with Crippen LogP contribution in [0.2, 0.25) is 0 Å². The molecule has 7 heteroatoms. The van der Waals surface area contributed by atoms with Gasteiger partial charge in [-0.3, -0.25) is 14.9 Å². The fraction of sp³-hybridized carbons (Fsp3) is 0.0714. The van der Waals surface area contributed by atoms with Gasteiger partial charge in [-0.15, -0.1) is 0 Å². The van der Waals surface area contributed by atoms with Crippen LogP contribution >= 0.6 is 15.9 Å². The van der Waals surface area contributed by atoms with Gasteiger partial charge in [-0.05, 0) is 29.8 Å². The molecule has 0 saturated carbocycles. The van der Waals surface area contributed by atoms with Crippen molar-refractivity contribution in [1.29, 1.82) is 0 Å². The fourth-order valence-electron chi connectivity index (χ4n) is 1.75. The summed E-state index contributed by atoms with van der Waals surface area (Å²) >= 11 is 3.33. The van der Waals surface area contributed by atoms with E-state index in [1.807, 2.05) is 24.3 Å². The number of nitrogen functional groups attached to an aromatic ring is 1. The number of rotatable bonds is 4. The van der Waals surface area contributed by atoms with Crippen LogP contribution in [0.4, 0.5) is 11.4 Å². The average molecular weight is 350 g/mol. The number of nitrogens with zero attached hydrogens (tertiary/aromatic N) is 1. The highest BCUT2D eigenvalue weighted by atomic mass is 79.9. The van der Waals surface area contributed by atoms with E-state index in [2.05, 4.69) is 21.2 Å². The van der Waals surface area contributed by atoms with E-state index in [4.69, 9.17) is 5.73 Å². The zero-order chi connectivity index (χ0) is 15.4. The van der Waals surface area contributed by atoms with Crippen molar-refractivity contribution >= 4 is 33.2 Å². The molecular formula is C14H12BrN3O3. The monoisotopic (exact) mass is 349 g/mol. The Labute approximate surface area is 129 Å². The normalized spacial score (nSPS) is 10.1. The van der Waals surface area contributed by atoms with Crippen LogP contribution in [0.25, 0.3) is 0 Å². The van der Waals surface area contributed by atoms with Crippen molar-refractivity contribution in [3.8, 4) is 0 Å². The predicted molar refractivity (Wildman–Crippen MR) is 82.8 cm³/mol. The lowest BCUT2D eigenvalue weighted by Crippen LogP contribution is -2.22. The van der Waals surface area contributed by atoms with E-state index >= 15 is 0 Å². The molecule has 0 unspecified atom stereocenters. The van der Waals surface area contributed by atoms with Crippen LogP contribution in [0.3, 0.4) is 0 Å². The Morgan fingerprint density at radius 1 is 1.24 bits per heavy atom. The van der Waals surface area contributed by atoms with Gasteiger partial charge in [-0.2, -0.15) is 0 Å². The Morgan fingerprint density at radius 2 is 1.90 bits per heavy atom. The Balaban J connectivity index is 2.05. The number of carbonyl (C=O) groups is 1. The zero-order valence-electron chi connectivity index (χ0n) is 10.9. The summed E-state index contributed by atoms with van der Waals surface area (Å²) in [5, 5.41) is 13.4. The van der Waals surface area contributed by atoms with E-state index in [1.165, 1.54) is 18.2 Å². The fourth-order valence-corrected chi connectivity index (χ4v) is 2.01. The van der Waals surface area contributed by atoms with E-state index in [0.29, 0.717) is 6.54 Å². The smallest absolute Gasteiger partial charge is 0.292 e. The van der Waals surface area contributed by atoms with Gasteiger partial charge in [-0.25, -0.2) is 0 Å². The molecule has 0 aliphatic heterocycles. The molecule has 21 heavy (non-hydrogen) atoms. The predicted octanol–water partition coefficient (Wildman–Crippen LogP) is 2.87. The molecular weight excluding hydrogens is 338 g/mol. The van der Waals surface area contributed by atoms with Crippen molar-refractivity contribution in [2.24, 2.45) is 0 Å². The van der Waals surface area contributed by atoms with E-state index in [-0.39, 0.29) is 22.8 Å². The number of carbonyl (C=O) groups excluding carboxylic acids is 1. The summed E-state index contributed by atoms with van der Waals surface area (Å²) in [5.41, 5.74) is 6.55. The molecule has 0 fully saturated rings. The maximum Gasteiger partial charge on any atom is 0.292 e. The van der Waals surface area contributed by atoms with Crippen molar-refractivity contribution in [3.05, 3.63) is 68.2 Å². The molecule has 0 spiro atoms. The number of halogens is 1. The number of amides is 1. The van der Waals surface area contributed by atoms with Gasteiger partial charge in [0.15, 0.2) is 0 Å². The lowest BCUT2D eigenvalue weighted by Gasteiger charge is -2.06. The zero-order valence-corrected chi connectivity index (χ0v) is 12.5. The van der Waals surface area contributed by atoms with Crippen LogP contribution in [-0.2, 0) is 6.54 Å². The number of nitrogens with two attached hydrogens (primary N) is 1. The second-order valence-corrected chi connectivity index (χ2v) is 5.26. The van der Waals surface area contributed by atoms with Crippen LogP contribution in [-0.4, -0.2) is 10.8 Å². The molecule has 6 nitrogen and oxygen atoms in total. The average Bonchev–Trinajstić information content (AvgIpc) is 2.45. The van der Waals surface area contributed by atoms with Gasteiger partial charge in [-0.1, -0.05) is 28.1 Å². The molecule has 2 rings (SSSR count). The molecule has 0 radical (unpaired) electrons. The summed E-state index contributed by atoms with van der Waals surface area (Å²) in [6.45, 7) is 0.364. The summed E-state index contributed by atoms with van der Waals surface area (Å²) in [7, 11) is 0. The number of nitrogens with one attached hydrogen (secondary N) is 1. The number of nitro groups is 1. The second kappa shape index (κ2) is 6.36. The number of benzene rings is 2. The largest absolute Gasteiger partial charge is 0.393 e. The Kier molecular flexibility index (Phi) is 4.54. The van der Waals surface area contributed by atoms with Crippen molar-refractivity contribution in [2.75, 3.05) is 5.73 Å². The summed E-state index contributed by atoms with van der Waals surface area (Å²) < 4.78 is 0.959. The maximum absolute atomic E-state index is 12.0. The minimum Gasteiger partial charge on any atom is -0.393 e. The first-order valence-corrected chi connectivity index (χ1v) is 6.83. The summed E-state index contributed by atoms with van der Waals surface area (Å²) in [5.74, 6) is -0.334. The third-order valence-corrected chi connectivity index (χ3v) is 3.38. The lowest BCUT2D eigenvalue weighted by atomic mass is 10.1. The topological polar surface area (TPSA) is 98.3 Å². The van der Waals surface area contributed by atoms with Crippen molar-refractivity contribution < 1.29 is 9.72 Å². The SMILES string of the molecule is Nc1cc(C(=O)NCc2ccc(Br)cc2)ccc1[N+](=O)[O-]. The Bertz CT molecular complexity index is 686. The van der Waals surface area contributed by atoms with Gasteiger partial charge in [0, 0.05) is 22.6 Å². The highest BCUT2D eigenvalue weighted by Gasteiger charge is 2.14. The lowest BCUT2D eigenvalue weighted by molar-refractivity contribution is -0.383. The molecule has 108 valence electrons. The van der Waals surface area contributed by atoms with Gasteiger partial charge in [0.2, 0.25) is 0 Å².